The van der Waals surface area contributed by atoms with E-state index in [4.69, 9.17) is 29.1 Å². The molecule has 2 rings (SSSR count). The number of hydrogen-bond acceptors (Lipinski definition) is 5. The van der Waals surface area contributed by atoms with E-state index in [1.165, 1.54) is 13.4 Å². The molecule has 0 aliphatic carbocycles. The average molecular weight is 253 g/mol. The Morgan fingerprint density at radius 2 is 2.12 bits per heavy atom. The van der Waals surface area contributed by atoms with Crippen LogP contribution in [-0.2, 0) is 0 Å². The minimum absolute atomic E-state index is 0.0923. The van der Waals surface area contributed by atoms with Crippen LogP contribution in [0.2, 0.25) is 5.15 Å². The first-order valence-electron chi connectivity index (χ1n) is 5.41. The summed E-state index contributed by atoms with van der Waals surface area (Å²) in [6, 6.07) is 0. The molecule has 90 valence electrons. The van der Waals surface area contributed by atoms with Crippen LogP contribution in [0.3, 0.4) is 0 Å². The second kappa shape index (κ2) is 5.55. The monoisotopic (exact) mass is 253 g/mol. The molecule has 2 radical (unpaired) electrons. The fourth-order valence-electron chi connectivity index (χ4n) is 1.74. The molecule has 0 amide bonds. The topological polar surface area (TPSA) is 47.5 Å². The lowest BCUT2D eigenvalue weighted by Gasteiger charge is -2.29. The minimum atomic E-state index is 0.0923. The van der Waals surface area contributed by atoms with Crippen molar-refractivity contribution in [1.82, 2.24) is 14.8 Å². The maximum atomic E-state index is 5.89. The molecule has 0 aromatic carbocycles. The van der Waals surface area contributed by atoms with Crippen molar-refractivity contribution in [2.75, 3.05) is 20.2 Å². The first kappa shape index (κ1) is 12.5. The summed E-state index contributed by atoms with van der Waals surface area (Å²) in [6.07, 6.45) is 3.18. The molecule has 1 aromatic rings. The summed E-state index contributed by atoms with van der Waals surface area (Å²) in [5.41, 5.74) is 0. The molecule has 5 nitrogen and oxygen atoms in total. The van der Waals surface area contributed by atoms with Crippen LogP contribution in [0.5, 0.6) is 11.6 Å². The molecule has 0 saturated carbocycles. The Balaban J connectivity index is 2.05. The van der Waals surface area contributed by atoms with Crippen LogP contribution < -0.4 is 9.47 Å². The molecule has 1 saturated heterocycles. The van der Waals surface area contributed by atoms with Crippen LogP contribution >= 0.6 is 11.6 Å². The number of halogens is 1. The van der Waals surface area contributed by atoms with Gasteiger partial charge in [0.2, 0.25) is 5.75 Å². The highest BCUT2D eigenvalue weighted by molar-refractivity contribution is 6.31. The fraction of sp³-hybridized carbons (Fsp3) is 0.600. The molecule has 0 unspecified atom stereocenters. The summed E-state index contributed by atoms with van der Waals surface area (Å²) in [4.78, 5) is 9.65. The van der Waals surface area contributed by atoms with Gasteiger partial charge in [-0.1, -0.05) is 11.6 Å². The van der Waals surface area contributed by atoms with Gasteiger partial charge in [-0.15, -0.1) is 0 Å². The van der Waals surface area contributed by atoms with Gasteiger partial charge in [0.25, 0.3) is 5.88 Å². The molecule has 17 heavy (non-hydrogen) atoms. The summed E-state index contributed by atoms with van der Waals surface area (Å²) in [6.45, 7) is 1.62. The van der Waals surface area contributed by atoms with Crippen molar-refractivity contribution >= 4 is 19.6 Å². The molecule has 0 spiro atoms. The standard InChI is InChI=1S/C10H13BClN3O2/c1-16-8-9(12)13-6-14-10(8)17-7-2-4-15(11)5-3-7/h6-7H,2-5H2,1H3. The zero-order chi connectivity index (χ0) is 12.3. The predicted molar refractivity (Wildman–Crippen MR) is 64.6 cm³/mol. The number of piperidine rings is 1. The van der Waals surface area contributed by atoms with Crippen molar-refractivity contribution < 1.29 is 9.47 Å². The van der Waals surface area contributed by atoms with Gasteiger partial charge in [-0.3, -0.25) is 0 Å². The van der Waals surface area contributed by atoms with Crippen molar-refractivity contribution in [2.24, 2.45) is 0 Å². The van der Waals surface area contributed by atoms with Crippen LogP contribution in [0, 0.1) is 0 Å². The molecule has 0 N–H and O–H groups in total. The second-order valence-corrected chi connectivity index (χ2v) is 4.21. The normalized spacial score (nSPS) is 18.0. The summed E-state index contributed by atoms with van der Waals surface area (Å²) >= 11 is 5.89. The van der Waals surface area contributed by atoms with Gasteiger partial charge in [0.1, 0.15) is 12.4 Å². The van der Waals surface area contributed by atoms with E-state index in [0.29, 0.717) is 11.6 Å². The smallest absolute Gasteiger partial charge is 0.262 e. The van der Waals surface area contributed by atoms with Crippen molar-refractivity contribution in [3.05, 3.63) is 11.5 Å². The zero-order valence-electron chi connectivity index (χ0n) is 9.60. The summed E-state index contributed by atoms with van der Waals surface area (Å²) in [5.74, 6) is 0.771. The Labute approximate surface area is 107 Å². The molecule has 0 bridgehead atoms. The fourth-order valence-corrected chi connectivity index (χ4v) is 1.95. The van der Waals surface area contributed by atoms with Gasteiger partial charge in [0.05, 0.1) is 7.11 Å². The summed E-state index contributed by atoms with van der Waals surface area (Å²) in [5, 5.41) is 0.258. The molecule has 7 heteroatoms. The van der Waals surface area contributed by atoms with E-state index in [-0.39, 0.29) is 11.3 Å². The highest BCUT2D eigenvalue weighted by atomic mass is 35.5. The average Bonchev–Trinajstić information content (AvgIpc) is 2.32. The van der Waals surface area contributed by atoms with Crippen LogP contribution in [0.4, 0.5) is 0 Å². The van der Waals surface area contributed by atoms with Crippen LogP contribution in [0.1, 0.15) is 12.8 Å². The number of hydrogen-bond donors (Lipinski definition) is 0. The molecule has 1 aliphatic rings. The molecule has 1 aromatic heterocycles. The van der Waals surface area contributed by atoms with Crippen molar-refractivity contribution in [1.29, 1.82) is 0 Å². The Kier molecular flexibility index (Phi) is 4.07. The highest BCUT2D eigenvalue weighted by Crippen LogP contribution is 2.32. The number of ether oxygens (including phenoxy) is 2. The zero-order valence-corrected chi connectivity index (χ0v) is 10.4. The molecule has 0 atom stereocenters. The highest BCUT2D eigenvalue weighted by Gasteiger charge is 2.21. The molecular formula is C10H13BClN3O2. The van der Waals surface area contributed by atoms with Crippen LogP contribution in [0.15, 0.2) is 6.33 Å². The second-order valence-electron chi connectivity index (χ2n) is 3.86. The van der Waals surface area contributed by atoms with Crippen molar-refractivity contribution in [3.8, 4) is 11.6 Å². The van der Waals surface area contributed by atoms with Gasteiger partial charge in [-0.05, 0) is 25.9 Å². The van der Waals surface area contributed by atoms with Gasteiger partial charge in [0, 0.05) is 0 Å². The summed E-state index contributed by atoms with van der Waals surface area (Å²) in [7, 11) is 7.19. The number of aromatic nitrogens is 2. The predicted octanol–water partition coefficient (Wildman–Crippen LogP) is 1.07. The quantitative estimate of drug-likeness (QED) is 0.596. The lowest BCUT2D eigenvalue weighted by molar-refractivity contribution is 0.126. The Bertz CT molecular complexity index is 386. The maximum absolute atomic E-state index is 5.89. The maximum Gasteiger partial charge on any atom is 0.262 e. The van der Waals surface area contributed by atoms with E-state index in [0.717, 1.165) is 25.9 Å². The van der Waals surface area contributed by atoms with E-state index in [9.17, 15) is 0 Å². The van der Waals surface area contributed by atoms with Crippen LogP contribution in [-0.4, -0.2) is 49.1 Å². The minimum Gasteiger partial charge on any atom is -0.489 e. The number of nitrogens with zero attached hydrogens (tertiary/aromatic N) is 3. The molecular weight excluding hydrogens is 240 g/mol. The number of rotatable bonds is 3. The van der Waals surface area contributed by atoms with Gasteiger partial charge in [0.15, 0.2) is 13.1 Å². The summed E-state index contributed by atoms with van der Waals surface area (Å²) < 4.78 is 10.9. The third-order valence-electron chi connectivity index (χ3n) is 2.69. The van der Waals surface area contributed by atoms with Gasteiger partial charge < -0.3 is 14.3 Å². The van der Waals surface area contributed by atoms with Crippen LogP contribution in [0.25, 0.3) is 0 Å². The largest absolute Gasteiger partial charge is 0.489 e. The molecule has 1 fully saturated rings. The van der Waals surface area contributed by atoms with Gasteiger partial charge in [-0.2, -0.15) is 4.98 Å². The number of methoxy groups -OCH3 is 1. The van der Waals surface area contributed by atoms with Crippen molar-refractivity contribution in [3.63, 3.8) is 0 Å². The lowest BCUT2D eigenvalue weighted by Crippen LogP contribution is -2.36. The van der Waals surface area contributed by atoms with E-state index in [1.54, 1.807) is 4.81 Å². The third kappa shape index (κ3) is 3.01. The molecule has 1 aliphatic heterocycles. The first-order chi connectivity index (χ1) is 8.20. The van der Waals surface area contributed by atoms with Gasteiger partial charge >= 0.3 is 0 Å². The van der Waals surface area contributed by atoms with E-state index >= 15 is 0 Å². The Morgan fingerprint density at radius 3 is 2.76 bits per heavy atom. The van der Waals surface area contributed by atoms with Crippen molar-refractivity contribution in [2.45, 2.75) is 18.9 Å². The van der Waals surface area contributed by atoms with E-state index in [1.807, 2.05) is 0 Å². The van der Waals surface area contributed by atoms with Gasteiger partial charge in [-0.25, -0.2) is 4.98 Å². The Hall–Kier alpha value is -1.01. The van der Waals surface area contributed by atoms with E-state index < -0.39 is 0 Å². The Morgan fingerprint density at radius 1 is 1.41 bits per heavy atom. The SMILES string of the molecule is [B]N1CCC(Oc2ncnc(Cl)c2OC)CC1. The third-order valence-corrected chi connectivity index (χ3v) is 2.96. The first-order valence-corrected chi connectivity index (χ1v) is 5.79. The van der Waals surface area contributed by atoms with E-state index in [2.05, 4.69) is 9.97 Å². The lowest BCUT2D eigenvalue weighted by atomic mass is 10.1. The molecule has 2 heterocycles.